The number of carboxylic acid groups (broad SMARTS) is 1. The summed E-state index contributed by atoms with van der Waals surface area (Å²) >= 11 is 5.93. The van der Waals surface area contributed by atoms with Crippen LogP contribution in [0.1, 0.15) is 11.1 Å². The van der Waals surface area contributed by atoms with E-state index in [0.29, 0.717) is 18.0 Å². The molecule has 174 valence electrons. The highest BCUT2D eigenvalue weighted by atomic mass is 32.4. The fourth-order valence-electron chi connectivity index (χ4n) is 3.14. The number of hydrogen-bond donors (Lipinski definition) is 1. The van der Waals surface area contributed by atoms with Crippen LogP contribution in [0.3, 0.4) is 0 Å². The molecule has 1 N–H and O–H groups in total. The molecule has 0 spiro atoms. The molecule has 0 aromatic heterocycles. The molecule has 0 aliphatic carbocycles. The van der Waals surface area contributed by atoms with Crippen LogP contribution in [0.25, 0.3) is 0 Å². The van der Waals surface area contributed by atoms with Crippen LogP contribution in [-0.2, 0) is 34.5 Å². The van der Waals surface area contributed by atoms with Crippen LogP contribution in [0.2, 0.25) is 0 Å². The molecule has 0 saturated carbocycles. The Labute approximate surface area is 190 Å². The standard InChI is InChI=1S/C21H25F3N3O3PS/c1-25(13-17-9-5-3-6-10-17)31(32,26(2)14-18-11-7-4-8-12-18)16-27(15-19(28)29)20(30)21(22,23)24/h3-12H,13-16H2,1-2H3,(H,28,29). The predicted molar refractivity (Wildman–Crippen MR) is 120 cm³/mol. The second-order valence-electron chi connectivity index (χ2n) is 7.30. The van der Waals surface area contributed by atoms with Gasteiger partial charge in [-0.1, -0.05) is 72.5 Å². The molecule has 0 aliphatic heterocycles. The summed E-state index contributed by atoms with van der Waals surface area (Å²) in [6.07, 6.45) is -8.76. The van der Waals surface area contributed by atoms with E-state index in [4.69, 9.17) is 16.9 Å². The van der Waals surface area contributed by atoms with Crippen molar-refractivity contribution in [1.29, 1.82) is 0 Å². The lowest BCUT2D eigenvalue weighted by molar-refractivity contribution is -0.185. The number of carbonyl (C=O) groups is 2. The van der Waals surface area contributed by atoms with Crippen molar-refractivity contribution in [2.75, 3.05) is 26.9 Å². The number of benzene rings is 2. The Morgan fingerprint density at radius 2 is 1.31 bits per heavy atom. The van der Waals surface area contributed by atoms with Gasteiger partial charge in [-0.2, -0.15) is 13.2 Å². The maximum atomic E-state index is 13.2. The minimum Gasteiger partial charge on any atom is -0.480 e. The fraction of sp³-hybridized carbons (Fsp3) is 0.333. The van der Waals surface area contributed by atoms with Crippen molar-refractivity contribution < 1.29 is 27.9 Å². The summed E-state index contributed by atoms with van der Waals surface area (Å²) in [4.78, 5) is 23.5. The highest BCUT2D eigenvalue weighted by Crippen LogP contribution is 2.54. The lowest BCUT2D eigenvalue weighted by atomic mass is 10.2. The fourth-order valence-corrected chi connectivity index (χ4v) is 6.30. The minimum absolute atomic E-state index is 0.298. The maximum absolute atomic E-state index is 13.2. The summed E-state index contributed by atoms with van der Waals surface area (Å²) in [6.45, 7) is -0.425. The number of carboxylic acids is 1. The Morgan fingerprint density at radius 3 is 1.66 bits per heavy atom. The monoisotopic (exact) mass is 487 g/mol. The minimum atomic E-state index is -5.20. The normalized spacial score (nSPS) is 12.2. The topological polar surface area (TPSA) is 64.1 Å². The van der Waals surface area contributed by atoms with E-state index in [1.807, 2.05) is 60.7 Å². The second-order valence-corrected chi connectivity index (χ2v) is 12.0. The molecule has 6 nitrogen and oxygen atoms in total. The van der Waals surface area contributed by atoms with E-state index in [2.05, 4.69) is 0 Å². The summed E-state index contributed by atoms with van der Waals surface area (Å²) in [6, 6.07) is 18.5. The van der Waals surface area contributed by atoms with Crippen LogP contribution < -0.4 is 0 Å². The van der Waals surface area contributed by atoms with E-state index in [1.165, 1.54) is 0 Å². The Bertz CT molecular complexity index is 910. The molecular formula is C21H25F3N3O3PS. The van der Waals surface area contributed by atoms with Gasteiger partial charge in [0.1, 0.15) is 6.54 Å². The molecule has 11 heteroatoms. The summed E-state index contributed by atoms with van der Waals surface area (Å²) < 4.78 is 43.1. The van der Waals surface area contributed by atoms with Crippen LogP contribution in [-0.4, -0.2) is 64.3 Å². The number of carbonyl (C=O) groups excluding carboxylic acids is 1. The number of nitrogens with zero attached hydrogens (tertiary/aromatic N) is 3. The van der Waals surface area contributed by atoms with Gasteiger partial charge in [-0.15, -0.1) is 0 Å². The zero-order valence-corrected chi connectivity index (χ0v) is 19.4. The summed E-state index contributed by atoms with van der Waals surface area (Å²) in [7, 11) is 3.37. The average molecular weight is 487 g/mol. The Balaban J connectivity index is 2.41. The molecule has 2 rings (SSSR count). The molecule has 0 aliphatic rings. The molecule has 0 atom stereocenters. The third kappa shape index (κ3) is 7.13. The van der Waals surface area contributed by atoms with Crippen molar-refractivity contribution in [2.45, 2.75) is 19.3 Å². The molecule has 2 aromatic rings. The molecule has 0 heterocycles. The number of hydrogen-bond acceptors (Lipinski definition) is 3. The molecule has 0 bridgehead atoms. The van der Waals surface area contributed by atoms with Crippen LogP contribution >= 0.6 is 6.34 Å². The van der Waals surface area contributed by atoms with E-state index in [0.717, 1.165) is 11.1 Å². The van der Waals surface area contributed by atoms with Gasteiger partial charge >= 0.3 is 18.1 Å². The van der Waals surface area contributed by atoms with Gasteiger partial charge in [-0.05, 0) is 25.2 Å². The number of halogens is 3. The van der Waals surface area contributed by atoms with Crippen molar-refractivity contribution in [3.05, 3.63) is 71.8 Å². The lowest BCUT2D eigenvalue weighted by Crippen LogP contribution is -2.46. The van der Waals surface area contributed by atoms with E-state index < -0.39 is 37.2 Å². The van der Waals surface area contributed by atoms with Crippen molar-refractivity contribution in [1.82, 2.24) is 14.2 Å². The number of alkyl halides is 3. The highest BCUT2D eigenvalue weighted by Gasteiger charge is 2.45. The number of rotatable bonds is 10. The largest absolute Gasteiger partial charge is 0.480 e. The molecule has 1 amide bonds. The van der Waals surface area contributed by atoms with Crippen LogP contribution in [0.5, 0.6) is 0 Å². The first kappa shape index (κ1) is 26.0. The van der Waals surface area contributed by atoms with E-state index >= 15 is 0 Å². The molecule has 2 aromatic carbocycles. The van der Waals surface area contributed by atoms with Crippen LogP contribution in [0, 0.1) is 0 Å². The first-order valence-electron chi connectivity index (χ1n) is 9.61. The molecular weight excluding hydrogens is 462 g/mol. The molecule has 0 fully saturated rings. The van der Waals surface area contributed by atoms with Crippen molar-refractivity contribution in [3.63, 3.8) is 0 Å². The van der Waals surface area contributed by atoms with Gasteiger partial charge < -0.3 is 10.0 Å². The first-order valence-corrected chi connectivity index (χ1v) is 12.5. The van der Waals surface area contributed by atoms with Crippen LogP contribution in [0.4, 0.5) is 13.2 Å². The van der Waals surface area contributed by atoms with E-state index in [9.17, 15) is 22.8 Å². The van der Waals surface area contributed by atoms with Crippen molar-refractivity contribution >= 4 is 30.0 Å². The SMILES string of the molecule is CN(Cc1ccccc1)P(=S)(CN(CC(=O)O)C(=O)C(F)(F)F)N(C)Cc1ccccc1. The molecule has 0 unspecified atom stereocenters. The molecule has 32 heavy (non-hydrogen) atoms. The summed E-state index contributed by atoms with van der Waals surface area (Å²) in [5, 5.41) is 9.13. The maximum Gasteiger partial charge on any atom is 0.471 e. The third-order valence-electron chi connectivity index (χ3n) is 4.79. The third-order valence-corrected chi connectivity index (χ3v) is 9.93. The zero-order valence-electron chi connectivity index (χ0n) is 17.7. The van der Waals surface area contributed by atoms with Crippen molar-refractivity contribution in [2.24, 2.45) is 0 Å². The van der Waals surface area contributed by atoms with Crippen molar-refractivity contribution in [3.8, 4) is 0 Å². The van der Waals surface area contributed by atoms with Gasteiger partial charge in [0.05, 0.1) is 12.6 Å². The highest BCUT2D eigenvalue weighted by molar-refractivity contribution is 8.12. The van der Waals surface area contributed by atoms with Gasteiger partial charge in [-0.25, -0.2) is 0 Å². The summed E-state index contributed by atoms with van der Waals surface area (Å²) in [5.74, 6) is -3.75. The summed E-state index contributed by atoms with van der Waals surface area (Å²) in [5.41, 5.74) is 1.79. The number of aliphatic carboxylic acids is 1. The molecule has 0 saturated heterocycles. The quantitative estimate of drug-likeness (QED) is 0.512. The first-order chi connectivity index (χ1) is 14.9. The van der Waals surface area contributed by atoms with Gasteiger partial charge in [0.2, 0.25) is 0 Å². The van der Waals surface area contributed by atoms with E-state index in [-0.39, 0.29) is 0 Å². The molecule has 0 radical (unpaired) electrons. The van der Waals surface area contributed by atoms with Gasteiger partial charge in [0.15, 0.2) is 0 Å². The predicted octanol–water partition coefficient (Wildman–Crippen LogP) is 3.99. The van der Waals surface area contributed by atoms with Gasteiger partial charge in [0.25, 0.3) is 0 Å². The van der Waals surface area contributed by atoms with Gasteiger partial charge in [0, 0.05) is 13.1 Å². The lowest BCUT2D eigenvalue weighted by Gasteiger charge is -2.42. The van der Waals surface area contributed by atoms with E-state index in [1.54, 1.807) is 23.4 Å². The van der Waals surface area contributed by atoms with Crippen LogP contribution in [0.15, 0.2) is 60.7 Å². The van der Waals surface area contributed by atoms with Gasteiger partial charge in [-0.3, -0.25) is 18.9 Å². The zero-order chi connectivity index (χ0) is 23.9. The second kappa shape index (κ2) is 11.0. The average Bonchev–Trinajstić information content (AvgIpc) is 2.73. The Morgan fingerprint density at radius 1 is 0.906 bits per heavy atom. The smallest absolute Gasteiger partial charge is 0.471 e. The number of amides is 1. The Hall–Kier alpha value is -2.26. The Kier molecular flexibility index (Phi) is 8.98.